The summed E-state index contributed by atoms with van der Waals surface area (Å²) in [5.74, 6) is 1.64. The van der Waals surface area contributed by atoms with Crippen molar-refractivity contribution >= 4 is 32.7 Å². The molecule has 1 aromatic carbocycles. The largest absolute Gasteiger partial charge is 0.382 e. The third-order valence-electron chi connectivity index (χ3n) is 4.72. The van der Waals surface area contributed by atoms with Crippen molar-refractivity contribution in [2.24, 2.45) is 0 Å². The van der Waals surface area contributed by atoms with Gasteiger partial charge in [0.15, 0.2) is 17.3 Å². The van der Waals surface area contributed by atoms with E-state index in [-0.39, 0.29) is 5.75 Å². The predicted octanol–water partition coefficient (Wildman–Crippen LogP) is 1.07. The molecule has 0 aliphatic carbocycles. The molecule has 4 rings (SSSR count). The van der Waals surface area contributed by atoms with Crippen LogP contribution in [0.2, 0.25) is 0 Å². The number of aromatic nitrogens is 4. The van der Waals surface area contributed by atoms with Gasteiger partial charge < -0.3 is 15.6 Å². The Bertz CT molecular complexity index is 1040. The zero-order valence-corrected chi connectivity index (χ0v) is 15.8. The SMILES string of the molecule is CCS(=O)(=O)N1CCN(c2cnc(N)c(-c3nc4ccccc4[nH]3)n2)CC1. The van der Waals surface area contributed by atoms with Gasteiger partial charge in [-0.05, 0) is 19.1 Å². The molecule has 3 aromatic rings. The molecule has 27 heavy (non-hydrogen) atoms. The normalized spacial score (nSPS) is 16.1. The summed E-state index contributed by atoms with van der Waals surface area (Å²) in [5.41, 5.74) is 8.25. The standard InChI is InChI=1S/C17H21N7O2S/c1-2-27(25,26)24-9-7-23(8-10-24)14-11-19-16(18)15(22-14)17-20-12-5-3-4-6-13(12)21-17/h3-6,11H,2,7-10H2,1H3,(H2,18,19)(H,20,21). The fraction of sp³-hybridized carbons (Fsp3) is 0.353. The number of nitrogens with two attached hydrogens (primary N) is 1. The fourth-order valence-corrected chi connectivity index (χ4v) is 4.24. The maximum Gasteiger partial charge on any atom is 0.213 e. The first kappa shape index (κ1) is 17.7. The molecule has 0 bridgehead atoms. The molecule has 0 spiro atoms. The topological polar surface area (TPSA) is 121 Å². The molecule has 3 N–H and O–H groups in total. The number of sulfonamides is 1. The Balaban J connectivity index is 1.60. The van der Waals surface area contributed by atoms with Gasteiger partial charge in [0.1, 0.15) is 5.82 Å². The molecule has 0 atom stereocenters. The Kier molecular flexibility index (Phi) is 4.44. The summed E-state index contributed by atoms with van der Waals surface area (Å²) in [6, 6.07) is 7.70. The molecule has 9 nitrogen and oxygen atoms in total. The van der Waals surface area contributed by atoms with Gasteiger partial charge in [0.25, 0.3) is 0 Å². The maximum atomic E-state index is 12.0. The van der Waals surface area contributed by atoms with Crippen molar-refractivity contribution < 1.29 is 8.42 Å². The molecule has 1 saturated heterocycles. The molecule has 0 amide bonds. The number of aromatic amines is 1. The van der Waals surface area contributed by atoms with Crippen LogP contribution in [0.1, 0.15) is 6.92 Å². The molecule has 0 saturated carbocycles. The monoisotopic (exact) mass is 387 g/mol. The maximum absolute atomic E-state index is 12.0. The van der Waals surface area contributed by atoms with E-state index >= 15 is 0 Å². The van der Waals surface area contributed by atoms with Crippen molar-refractivity contribution in [3.63, 3.8) is 0 Å². The summed E-state index contributed by atoms with van der Waals surface area (Å²) in [5, 5.41) is 0. The fourth-order valence-electron chi connectivity index (χ4n) is 3.16. The lowest BCUT2D eigenvalue weighted by atomic mass is 10.3. The lowest BCUT2D eigenvalue weighted by Gasteiger charge is -2.34. The quantitative estimate of drug-likeness (QED) is 0.687. The van der Waals surface area contributed by atoms with Crippen LogP contribution in [0.4, 0.5) is 11.6 Å². The highest BCUT2D eigenvalue weighted by Gasteiger charge is 2.26. The van der Waals surface area contributed by atoms with Crippen LogP contribution in [0, 0.1) is 0 Å². The van der Waals surface area contributed by atoms with Crippen LogP contribution >= 0.6 is 0 Å². The molecule has 2 aromatic heterocycles. The van der Waals surface area contributed by atoms with Crippen LogP contribution in [0.3, 0.4) is 0 Å². The third-order valence-corrected chi connectivity index (χ3v) is 6.60. The summed E-state index contributed by atoms with van der Waals surface area (Å²) in [6.07, 6.45) is 1.62. The lowest BCUT2D eigenvalue weighted by molar-refractivity contribution is 0.384. The van der Waals surface area contributed by atoms with Gasteiger partial charge in [0, 0.05) is 26.2 Å². The molecule has 142 valence electrons. The number of piperazine rings is 1. The highest BCUT2D eigenvalue weighted by molar-refractivity contribution is 7.89. The summed E-state index contributed by atoms with van der Waals surface area (Å²) in [6.45, 7) is 3.63. The minimum absolute atomic E-state index is 0.116. The van der Waals surface area contributed by atoms with Gasteiger partial charge in [-0.15, -0.1) is 0 Å². The summed E-state index contributed by atoms with van der Waals surface area (Å²) in [4.78, 5) is 18.7. The van der Waals surface area contributed by atoms with Crippen molar-refractivity contribution in [1.29, 1.82) is 0 Å². The Hall–Kier alpha value is -2.72. The van der Waals surface area contributed by atoms with Gasteiger partial charge >= 0.3 is 0 Å². The second-order valence-electron chi connectivity index (χ2n) is 6.35. The van der Waals surface area contributed by atoms with Crippen molar-refractivity contribution in [2.45, 2.75) is 6.92 Å². The van der Waals surface area contributed by atoms with E-state index in [1.165, 1.54) is 4.31 Å². The van der Waals surface area contributed by atoms with Crippen LogP contribution in [-0.2, 0) is 10.0 Å². The first-order chi connectivity index (χ1) is 13.0. The number of nitrogen functional groups attached to an aromatic ring is 1. The van der Waals surface area contributed by atoms with Crippen LogP contribution in [0.25, 0.3) is 22.6 Å². The number of H-pyrrole nitrogens is 1. The van der Waals surface area contributed by atoms with Gasteiger partial charge in [-0.2, -0.15) is 4.31 Å². The van der Waals surface area contributed by atoms with Crippen molar-refractivity contribution in [3.05, 3.63) is 30.5 Å². The van der Waals surface area contributed by atoms with Gasteiger partial charge in [-0.1, -0.05) is 12.1 Å². The number of nitrogens with zero attached hydrogens (tertiary/aromatic N) is 5. The molecular weight excluding hydrogens is 366 g/mol. The van der Waals surface area contributed by atoms with Crippen molar-refractivity contribution in [1.82, 2.24) is 24.2 Å². The van der Waals surface area contributed by atoms with E-state index in [1.54, 1.807) is 13.1 Å². The summed E-state index contributed by atoms with van der Waals surface area (Å²) in [7, 11) is -3.16. The van der Waals surface area contributed by atoms with E-state index in [0.717, 1.165) is 11.0 Å². The predicted molar refractivity (Wildman–Crippen MR) is 105 cm³/mol. The Morgan fingerprint density at radius 3 is 2.59 bits per heavy atom. The summed E-state index contributed by atoms with van der Waals surface area (Å²) < 4.78 is 25.6. The Labute approximate surface area is 157 Å². The number of imidazole rings is 1. The molecular formula is C17H21N7O2S. The number of fused-ring (bicyclic) bond motifs is 1. The van der Waals surface area contributed by atoms with Crippen LogP contribution in [0.5, 0.6) is 0 Å². The lowest BCUT2D eigenvalue weighted by Crippen LogP contribution is -2.49. The number of rotatable bonds is 4. The second-order valence-corrected chi connectivity index (χ2v) is 8.61. The number of hydrogen-bond donors (Lipinski definition) is 2. The van der Waals surface area contributed by atoms with E-state index in [4.69, 9.17) is 5.73 Å². The Morgan fingerprint density at radius 2 is 1.89 bits per heavy atom. The first-order valence-electron chi connectivity index (χ1n) is 8.78. The third kappa shape index (κ3) is 3.33. The number of nitrogens with one attached hydrogen (secondary N) is 1. The molecule has 1 aliphatic rings. The highest BCUT2D eigenvalue weighted by Crippen LogP contribution is 2.25. The van der Waals surface area contributed by atoms with Crippen LogP contribution < -0.4 is 10.6 Å². The first-order valence-corrected chi connectivity index (χ1v) is 10.4. The zero-order valence-electron chi connectivity index (χ0n) is 15.0. The molecule has 1 fully saturated rings. The van der Waals surface area contributed by atoms with Crippen LogP contribution in [-0.4, -0.2) is 64.6 Å². The van der Waals surface area contributed by atoms with Crippen molar-refractivity contribution in [2.75, 3.05) is 42.6 Å². The van der Waals surface area contributed by atoms with E-state index in [2.05, 4.69) is 19.9 Å². The van der Waals surface area contributed by atoms with Crippen LogP contribution in [0.15, 0.2) is 30.5 Å². The van der Waals surface area contributed by atoms with E-state index in [0.29, 0.717) is 49.3 Å². The second kappa shape index (κ2) is 6.78. The van der Waals surface area contributed by atoms with E-state index in [1.807, 2.05) is 29.2 Å². The molecule has 0 radical (unpaired) electrons. The zero-order chi connectivity index (χ0) is 19.0. The molecule has 1 aliphatic heterocycles. The smallest absolute Gasteiger partial charge is 0.213 e. The molecule has 10 heteroatoms. The van der Waals surface area contributed by atoms with Gasteiger partial charge in [0.05, 0.1) is 23.0 Å². The van der Waals surface area contributed by atoms with Gasteiger partial charge in [-0.25, -0.2) is 23.4 Å². The van der Waals surface area contributed by atoms with Gasteiger partial charge in [0.2, 0.25) is 10.0 Å². The summed E-state index contributed by atoms with van der Waals surface area (Å²) >= 11 is 0. The number of benzene rings is 1. The van der Waals surface area contributed by atoms with E-state index < -0.39 is 10.0 Å². The van der Waals surface area contributed by atoms with Gasteiger partial charge in [-0.3, -0.25) is 0 Å². The van der Waals surface area contributed by atoms with E-state index in [9.17, 15) is 8.42 Å². The number of hydrogen-bond acceptors (Lipinski definition) is 7. The highest BCUT2D eigenvalue weighted by atomic mass is 32.2. The average Bonchev–Trinajstić information content (AvgIpc) is 3.12. The average molecular weight is 387 g/mol. The number of anilines is 2. The minimum atomic E-state index is -3.16. The minimum Gasteiger partial charge on any atom is -0.382 e. The number of para-hydroxylation sites is 2. The molecule has 3 heterocycles. The molecule has 0 unspecified atom stereocenters. The Morgan fingerprint density at radius 1 is 1.15 bits per heavy atom. The van der Waals surface area contributed by atoms with Crippen molar-refractivity contribution in [3.8, 4) is 11.5 Å².